The molecule has 3 nitrogen and oxygen atoms in total. The van der Waals surface area contributed by atoms with E-state index in [-0.39, 0.29) is 5.43 Å². The van der Waals surface area contributed by atoms with Gasteiger partial charge in [0.25, 0.3) is 0 Å². The normalized spacial score (nSPS) is 11.5. The molecule has 0 aliphatic heterocycles. The highest BCUT2D eigenvalue weighted by Gasteiger charge is 2.13. The zero-order chi connectivity index (χ0) is 14.9. The molecule has 1 aromatic carbocycles. The summed E-state index contributed by atoms with van der Waals surface area (Å²) in [5.41, 5.74) is 5.30. The maximum Gasteiger partial charge on any atom is 0.194 e. The van der Waals surface area contributed by atoms with Crippen LogP contribution in [0.2, 0.25) is 0 Å². The largest absolute Gasteiger partial charge is 0.358 e. The molecule has 3 heteroatoms. The Bertz CT molecular complexity index is 681. The molecule has 2 aromatic rings. The number of pyridine rings is 1. The van der Waals surface area contributed by atoms with Gasteiger partial charge in [0.05, 0.1) is 5.52 Å². The average Bonchev–Trinajstić information content (AvgIpc) is 2.41. The zero-order valence-electron chi connectivity index (χ0n) is 13.1. The highest BCUT2D eigenvalue weighted by Crippen LogP contribution is 2.18. The van der Waals surface area contributed by atoms with Crippen LogP contribution in [0.25, 0.3) is 10.9 Å². The van der Waals surface area contributed by atoms with Crippen molar-refractivity contribution in [1.29, 1.82) is 0 Å². The van der Waals surface area contributed by atoms with Gasteiger partial charge in [-0.05, 0) is 51.1 Å². The van der Waals surface area contributed by atoms with Gasteiger partial charge in [-0.2, -0.15) is 0 Å². The quantitative estimate of drug-likeness (QED) is 0.927. The van der Waals surface area contributed by atoms with Crippen LogP contribution in [0.15, 0.2) is 16.9 Å². The number of nitrogens with one attached hydrogen (secondary N) is 1. The Balaban J connectivity index is 2.65. The molecule has 0 saturated heterocycles. The lowest BCUT2D eigenvalue weighted by atomic mass is 10.0. The Morgan fingerprint density at radius 2 is 1.75 bits per heavy atom. The van der Waals surface area contributed by atoms with Gasteiger partial charge >= 0.3 is 0 Å². The first-order valence-corrected chi connectivity index (χ1v) is 7.33. The fraction of sp³-hybridized carbons (Fsp3) is 0.471. The Labute approximate surface area is 120 Å². The smallest absolute Gasteiger partial charge is 0.194 e. The lowest BCUT2D eigenvalue weighted by Crippen LogP contribution is -2.27. The zero-order valence-corrected chi connectivity index (χ0v) is 13.1. The number of H-pyrrole nitrogens is 1. The van der Waals surface area contributed by atoms with E-state index in [1.165, 1.54) is 0 Å². The van der Waals surface area contributed by atoms with Crippen molar-refractivity contribution in [2.45, 2.75) is 41.2 Å². The molecule has 0 spiro atoms. The van der Waals surface area contributed by atoms with Crippen molar-refractivity contribution < 1.29 is 0 Å². The van der Waals surface area contributed by atoms with Crippen LogP contribution in [0.4, 0.5) is 0 Å². The molecule has 0 saturated carbocycles. The fourth-order valence-electron chi connectivity index (χ4n) is 2.77. The number of nitrogens with zero attached hydrogens (tertiary/aromatic N) is 1. The summed E-state index contributed by atoms with van der Waals surface area (Å²) in [5, 5.41) is 0.815. The van der Waals surface area contributed by atoms with E-state index >= 15 is 0 Å². The lowest BCUT2D eigenvalue weighted by Gasteiger charge is -2.19. The molecule has 0 atom stereocenters. The molecule has 0 radical (unpaired) electrons. The van der Waals surface area contributed by atoms with Crippen LogP contribution >= 0.6 is 0 Å². The highest BCUT2D eigenvalue weighted by molar-refractivity contribution is 5.83. The SMILES string of the molecule is CCN(CC)Cc1c(C)[nH]c2c(C)cc(C)cc2c1=O. The minimum Gasteiger partial charge on any atom is -0.358 e. The van der Waals surface area contributed by atoms with E-state index in [0.29, 0.717) is 0 Å². The number of benzene rings is 1. The van der Waals surface area contributed by atoms with Crippen LogP contribution in [0.1, 0.15) is 36.2 Å². The number of hydrogen-bond donors (Lipinski definition) is 1. The van der Waals surface area contributed by atoms with Gasteiger partial charge in [-0.1, -0.05) is 19.9 Å². The Morgan fingerprint density at radius 1 is 1.10 bits per heavy atom. The molecule has 2 rings (SSSR count). The average molecular weight is 272 g/mol. The molecule has 1 aromatic heterocycles. The van der Waals surface area contributed by atoms with Crippen molar-refractivity contribution in [3.05, 3.63) is 44.7 Å². The number of aromatic nitrogens is 1. The van der Waals surface area contributed by atoms with Crippen molar-refractivity contribution >= 4 is 10.9 Å². The fourth-order valence-corrected chi connectivity index (χ4v) is 2.77. The second-order valence-corrected chi connectivity index (χ2v) is 5.52. The van der Waals surface area contributed by atoms with Crippen LogP contribution in [0.3, 0.4) is 0 Å². The molecule has 0 aliphatic carbocycles. The van der Waals surface area contributed by atoms with Crippen molar-refractivity contribution in [2.24, 2.45) is 0 Å². The van der Waals surface area contributed by atoms with Gasteiger partial charge in [-0.25, -0.2) is 0 Å². The number of fused-ring (bicyclic) bond motifs is 1. The molecule has 20 heavy (non-hydrogen) atoms. The monoisotopic (exact) mass is 272 g/mol. The molecular formula is C17H24N2O. The van der Waals surface area contributed by atoms with Gasteiger partial charge in [0.1, 0.15) is 0 Å². The van der Waals surface area contributed by atoms with E-state index in [4.69, 9.17) is 0 Å². The van der Waals surface area contributed by atoms with Gasteiger partial charge in [-0.3, -0.25) is 9.69 Å². The molecule has 108 valence electrons. The molecular weight excluding hydrogens is 248 g/mol. The van der Waals surface area contributed by atoms with Crippen LogP contribution in [-0.4, -0.2) is 23.0 Å². The van der Waals surface area contributed by atoms with Gasteiger partial charge in [-0.15, -0.1) is 0 Å². The highest BCUT2D eigenvalue weighted by atomic mass is 16.1. The molecule has 1 N–H and O–H groups in total. The third kappa shape index (κ3) is 2.63. The summed E-state index contributed by atoms with van der Waals surface area (Å²) in [7, 11) is 0. The topological polar surface area (TPSA) is 36.1 Å². The number of rotatable bonds is 4. The predicted molar refractivity (Wildman–Crippen MR) is 85.4 cm³/mol. The first-order valence-electron chi connectivity index (χ1n) is 7.33. The summed E-state index contributed by atoms with van der Waals surface area (Å²) >= 11 is 0. The van der Waals surface area contributed by atoms with Gasteiger partial charge in [0.2, 0.25) is 0 Å². The van der Waals surface area contributed by atoms with Crippen LogP contribution in [-0.2, 0) is 6.54 Å². The number of hydrogen-bond acceptors (Lipinski definition) is 2. The molecule has 0 aliphatic rings. The van der Waals surface area contributed by atoms with E-state index in [9.17, 15) is 4.79 Å². The van der Waals surface area contributed by atoms with Crippen LogP contribution in [0, 0.1) is 20.8 Å². The third-order valence-electron chi connectivity index (χ3n) is 4.04. The Hall–Kier alpha value is -1.61. The number of aromatic amines is 1. The molecule has 0 bridgehead atoms. The summed E-state index contributed by atoms with van der Waals surface area (Å²) in [4.78, 5) is 18.5. The number of aryl methyl sites for hydroxylation is 3. The van der Waals surface area contributed by atoms with E-state index in [2.05, 4.69) is 36.7 Å². The Kier molecular flexibility index (Phi) is 4.29. The molecule has 0 fully saturated rings. The van der Waals surface area contributed by atoms with E-state index in [0.717, 1.165) is 52.9 Å². The van der Waals surface area contributed by atoms with Crippen molar-refractivity contribution in [3.63, 3.8) is 0 Å². The van der Waals surface area contributed by atoms with Crippen LogP contribution in [0.5, 0.6) is 0 Å². The van der Waals surface area contributed by atoms with Crippen molar-refractivity contribution in [1.82, 2.24) is 9.88 Å². The van der Waals surface area contributed by atoms with Crippen molar-refractivity contribution in [3.8, 4) is 0 Å². The maximum atomic E-state index is 12.8. The Morgan fingerprint density at radius 3 is 2.35 bits per heavy atom. The molecule has 0 amide bonds. The standard InChI is InChI=1S/C17H24N2O/c1-6-19(7-2)10-15-13(5)18-16-12(4)8-11(3)9-14(16)17(15)20/h8-9H,6-7,10H2,1-5H3,(H,18,20). The summed E-state index contributed by atoms with van der Waals surface area (Å²) in [6, 6.07) is 4.11. The summed E-state index contributed by atoms with van der Waals surface area (Å²) < 4.78 is 0. The second kappa shape index (κ2) is 5.80. The molecule has 1 heterocycles. The third-order valence-corrected chi connectivity index (χ3v) is 4.04. The summed E-state index contributed by atoms with van der Waals surface area (Å²) in [6.07, 6.45) is 0. The maximum absolute atomic E-state index is 12.8. The van der Waals surface area contributed by atoms with Gasteiger partial charge in [0, 0.05) is 23.2 Å². The minimum atomic E-state index is 0.176. The molecule has 0 unspecified atom stereocenters. The van der Waals surface area contributed by atoms with E-state index in [1.54, 1.807) is 0 Å². The summed E-state index contributed by atoms with van der Waals surface area (Å²) in [6.45, 7) is 13.0. The first kappa shape index (κ1) is 14.8. The predicted octanol–water partition coefficient (Wildman–Crippen LogP) is 3.30. The van der Waals surface area contributed by atoms with Gasteiger partial charge in [0.15, 0.2) is 5.43 Å². The van der Waals surface area contributed by atoms with Crippen molar-refractivity contribution in [2.75, 3.05) is 13.1 Å². The van der Waals surface area contributed by atoms with E-state index < -0.39 is 0 Å². The van der Waals surface area contributed by atoms with E-state index in [1.807, 2.05) is 19.9 Å². The second-order valence-electron chi connectivity index (χ2n) is 5.52. The summed E-state index contributed by atoms with van der Waals surface area (Å²) in [5.74, 6) is 0. The van der Waals surface area contributed by atoms with Crippen LogP contribution < -0.4 is 5.43 Å². The lowest BCUT2D eigenvalue weighted by molar-refractivity contribution is 0.294. The van der Waals surface area contributed by atoms with Gasteiger partial charge < -0.3 is 4.98 Å². The first-order chi connectivity index (χ1) is 9.47. The minimum absolute atomic E-state index is 0.176.